The maximum absolute atomic E-state index is 3.69. The molecule has 0 fully saturated rings. The van der Waals surface area contributed by atoms with Crippen molar-refractivity contribution >= 4 is 15.9 Å². The Morgan fingerprint density at radius 2 is 2.06 bits per heavy atom. The highest BCUT2D eigenvalue weighted by atomic mass is 79.9. The zero-order valence-corrected chi connectivity index (χ0v) is 12.1. The summed E-state index contributed by atoms with van der Waals surface area (Å²) in [6.07, 6.45) is 5.11. The van der Waals surface area contributed by atoms with Crippen LogP contribution in [-0.2, 0) is 0 Å². The highest BCUT2D eigenvalue weighted by Crippen LogP contribution is 2.29. The van der Waals surface area contributed by atoms with Gasteiger partial charge in [-0.3, -0.25) is 0 Å². The summed E-state index contributed by atoms with van der Waals surface area (Å²) >= 11 is 3.69. The fraction of sp³-hybridized carbons (Fsp3) is 0.571. The smallest absolute Gasteiger partial charge is 0.0328 e. The Hall–Kier alpha value is -0.340. The van der Waals surface area contributed by atoms with E-state index in [9.17, 15) is 0 Å². The van der Waals surface area contributed by atoms with E-state index in [0.29, 0.717) is 6.04 Å². The van der Waals surface area contributed by atoms with Gasteiger partial charge < -0.3 is 5.32 Å². The predicted octanol–water partition coefficient (Wildman–Crippen LogP) is 4.60. The lowest BCUT2D eigenvalue weighted by molar-refractivity contribution is 0.510. The van der Waals surface area contributed by atoms with E-state index in [-0.39, 0.29) is 0 Å². The van der Waals surface area contributed by atoms with Gasteiger partial charge in [0.2, 0.25) is 0 Å². The Bertz CT molecular complexity index is 323. The van der Waals surface area contributed by atoms with Crippen LogP contribution in [0.3, 0.4) is 0 Å². The minimum Gasteiger partial charge on any atom is -0.313 e. The topological polar surface area (TPSA) is 12.0 Å². The number of rotatable bonds is 6. The largest absolute Gasteiger partial charge is 0.313 e. The van der Waals surface area contributed by atoms with E-state index >= 15 is 0 Å². The first-order valence-corrected chi connectivity index (χ1v) is 6.92. The van der Waals surface area contributed by atoms with Crippen LogP contribution >= 0.6 is 15.9 Å². The first-order chi connectivity index (χ1) is 7.70. The SMILES string of the molecule is CCCCCC(NC)c1cccc(C)c1Br. The molecule has 16 heavy (non-hydrogen) atoms. The van der Waals surface area contributed by atoms with Crippen LogP contribution in [0.2, 0.25) is 0 Å². The number of aryl methyl sites for hydroxylation is 1. The van der Waals surface area contributed by atoms with Crippen LogP contribution in [0.1, 0.15) is 49.8 Å². The van der Waals surface area contributed by atoms with Crippen molar-refractivity contribution < 1.29 is 0 Å². The summed E-state index contributed by atoms with van der Waals surface area (Å²) in [7, 11) is 2.05. The second-order valence-electron chi connectivity index (χ2n) is 4.32. The van der Waals surface area contributed by atoms with Crippen LogP contribution in [0, 0.1) is 6.92 Å². The molecule has 1 N–H and O–H groups in total. The number of unbranched alkanes of at least 4 members (excludes halogenated alkanes) is 2. The molecule has 1 nitrogen and oxygen atoms in total. The molecule has 0 amide bonds. The van der Waals surface area contributed by atoms with Crippen LogP contribution < -0.4 is 5.32 Å². The van der Waals surface area contributed by atoms with Gasteiger partial charge in [0.05, 0.1) is 0 Å². The summed E-state index contributed by atoms with van der Waals surface area (Å²) in [5.41, 5.74) is 2.70. The minimum absolute atomic E-state index is 0.473. The van der Waals surface area contributed by atoms with Gasteiger partial charge in [-0.05, 0) is 31.5 Å². The Kier molecular flexibility index (Phi) is 6.07. The number of nitrogens with one attached hydrogen (secondary N) is 1. The van der Waals surface area contributed by atoms with E-state index in [0.717, 1.165) is 0 Å². The summed E-state index contributed by atoms with van der Waals surface area (Å²) in [6.45, 7) is 4.39. The van der Waals surface area contributed by atoms with Crippen LogP contribution in [-0.4, -0.2) is 7.05 Å². The van der Waals surface area contributed by atoms with Crippen molar-refractivity contribution in [1.82, 2.24) is 5.32 Å². The molecule has 1 aromatic rings. The fourth-order valence-electron chi connectivity index (χ4n) is 1.99. The Balaban J connectivity index is 2.74. The molecule has 0 saturated heterocycles. The lowest BCUT2D eigenvalue weighted by Crippen LogP contribution is -2.17. The number of halogens is 1. The van der Waals surface area contributed by atoms with Gasteiger partial charge in [-0.2, -0.15) is 0 Å². The molecule has 0 spiro atoms. The van der Waals surface area contributed by atoms with Gasteiger partial charge in [0.1, 0.15) is 0 Å². The van der Waals surface area contributed by atoms with E-state index in [2.05, 4.69) is 53.3 Å². The molecule has 0 saturated carbocycles. The van der Waals surface area contributed by atoms with Gasteiger partial charge in [-0.25, -0.2) is 0 Å². The van der Waals surface area contributed by atoms with Gasteiger partial charge in [0, 0.05) is 10.5 Å². The molecule has 1 aromatic carbocycles. The van der Waals surface area contributed by atoms with Gasteiger partial charge in [0.25, 0.3) is 0 Å². The van der Waals surface area contributed by atoms with E-state index in [1.54, 1.807) is 0 Å². The maximum Gasteiger partial charge on any atom is 0.0328 e. The molecule has 1 rings (SSSR count). The standard InChI is InChI=1S/C14H22BrN/c1-4-5-6-10-13(16-3)12-9-7-8-11(2)14(12)15/h7-9,13,16H,4-6,10H2,1-3H3. The Morgan fingerprint density at radius 3 is 2.69 bits per heavy atom. The third-order valence-corrected chi connectivity index (χ3v) is 4.13. The van der Waals surface area contributed by atoms with Crippen molar-refractivity contribution in [3.8, 4) is 0 Å². The fourth-order valence-corrected chi connectivity index (χ4v) is 2.53. The number of hydrogen-bond acceptors (Lipinski definition) is 1. The summed E-state index contributed by atoms with van der Waals surface area (Å²) in [5.74, 6) is 0. The summed E-state index contributed by atoms with van der Waals surface area (Å²) in [4.78, 5) is 0. The number of hydrogen-bond donors (Lipinski definition) is 1. The zero-order chi connectivity index (χ0) is 12.0. The van der Waals surface area contributed by atoms with Crippen molar-refractivity contribution in [2.45, 2.75) is 45.6 Å². The molecule has 0 aromatic heterocycles. The first-order valence-electron chi connectivity index (χ1n) is 6.13. The van der Waals surface area contributed by atoms with Crippen LogP contribution in [0.25, 0.3) is 0 Å². The maximum atomic E-state index is 3.69. The molecule has 2 heteroatoms. The molecule has 0 aliphatic carbocycles. The van der Waals surface area contributed by atoms with Gasteiger partial charge in [-0.15, -0.1) is 0 Å². The second-order valence-corrected chi connectivity index (χ2v) is 5.11. The third kappa shape index (κ3) is 3.60. The average molecular weight is 284 g/mol. The third-order valence-electron chi connectivity index (χ3n) is 3.04. The van der Waals surface area contributed by atoms with Gasteiger partial charge >= 0.3 is 0 Å². The lowest BCUT2D eigenvalue weighted by Gasteiger charge is -2.19. The van der Waals surface area contributed by atoms with Gasteiger partial charge in [-0.1, -0.05) is 60.3 Å². The monoisotopic (exact) mass is 283 g/mol. The molecular formula is C14H22BrN. The van der Waals surface area contributed by atoms with Crippen molar-refractivity contribution in [1.29, 1.82) is 0 Å². The summed E-state index contributed by atoms with van der Waals surface area (Å²) < 4.78 is 1.26. The normalized spacial score (nSPS) is 12.8. The lowest BCUT2D eigenvalue weighted by atomic mass is 9.99. The van der Waals surface area contributed by atoms with Crippen LogP contribution in [0.15, 0.2) is 22.7 Å². The molecule has 0 aliphatic rings. The molecule has 0 aliphatic heterocycles. The molecule has 90 valence electrons. The molecule has 0 heterocycles. The molecule has 1 unspecified atom stereocenters. The molecular weight excluding hydrogens is 262 g/mol. The first kappa shape index (κ1) is 13.7. The van der Waals surface area contributed by atoms with E-state index < -0.39 is 0 Å². The van der Waals surface area contributed by atoms with Crippen molar-refractivity contribution in [2.24, 2.45) is 0 Å². The van der Waals surface area contributed by atoms with Crippen molar-refractivity contribution in [3.63, 3.8) is 0 Å². The highest BCUT2D eigenvalue weighted by Gasteiger charge is 2.12. The zero-order valence-electron chi connectivity index (χ0n) is 10.5. The predicted molar refractivity (Wildman–Crippen MR) is 74.8 cm³/mol. The Morgan fingerprint density at radius 1 is 1.31 bits per heavy atom. The van der Waals surface area contributed by atoms with Crippen molar-refractivity contribution in [2.75, 3.05) is 7.05 Å². The summed E-state index contributed by atoms with van der Waals surface area (Å²) in [6, 6.07) is 6.97. The number of benzene rings is 1. The van der Waals surface area contributed by atoms with Crippen molar-refractivity contribution in [3.05, 3.63) is 33.8 Å². The van der Waals surface area contributed by atoms with Gasteiger partial charge in [0.15, 0.2) is 0 Å². The minimum atomic E-state index is 0.473. The highest BCUT2D eigenvalue weighted by molar-refractivity contribution is 9.10. The van der Waals surface area contributed by atoms with E-state index in [1.807, 2.05) is 7.05 Å². The van der Waals surface area contributed by atoms with E-state index in [4.69, 9.17) is 0 Å². The molecule has 0 radical (unpaired) electrons. The molecule has 1 atom stereocenters. The quantitative estimate of drug-likeness (QED) is 0.753. The average Bonchev–Trinajstić information content (AvgIpc) is 2.29. The second kappa shape index (κ2) is 7.08. The van der Waals surface area contributed by atoms with E-state index in [1.165, 1.54) is 41.3 Å². The summed E-state index contributed by atoms with van der Waals surface area (Å²) in [5, 5.41) is 3.42. The Labute approximate surface area is 108 Å². The molecule has 0 bridgehead atoms. The van der Waals surface area contributed by atoms with Crippen LogP contribution in [0.4, 0.5) is 0 Å². The van der Waals surface area contributed by atoms with Crippen LogP contribution in [0.5, 0.6) is 0 Å².